The van der Waals surface area contributed by atoms with Crippen LogP contribution in [-0.2, 0) is 9.59 Å². The fourth-order valence-electron chi connectivity index (χ4n) is 5.71. The van der Waals surface area contributed by atoms with Crippen LogP contribution >= 0.6 is 0 Å². The third-order valence-electron chi connectivity index (χ3n) is 7.42. The SMILES string of the molecule is CC(C)CC[C@]1(C(=O)N2CCC(C)CC2)C[C@H]2CC[C@@H]1N2C(=O)c1cnccn1.O=CO. The van der Waals surface area contributed by atoms with Crippen LogP contribution in [0.2, 0.25) is 0 Å². The van der Waals surface area contributed by atoms with Crippen LogP contribution in [0, 0.1) is 17.3 Å². The van der Waals surface area contributed by atoms with Gasteiger partial charge in [-0.1, -0.05) is 20.8 Å². The second-order valence-corrected chi connectivity index (χ2v) is 9.92. The number of nitrogens with zero attached hydrogens (tertiary/aromatic N) is 4. The molecule has 0 radical (unpaired) electrons. The van der Waals surface area contributed by atoms with Crippen molar-refractivity contribution in [1.82, 2.24) is 19.8 Å². The molecule has 3 aliphatic heterocycles. The number of carbonyl (C=O) groups is 3. The van der Waals surface area contributed by atoms with Crippen LogP contribution < -0.4 is 0 Å². The van der Waals surface area contributed by atoms with Crippen molar-refractivity contribution in [3.63, 3.8) is 0 Å². The zero-order valence-corrected chi connectivity index (χ0v) is 19.4. The summed E-state index contributed by atoms with van der Waals surface area (Å²) >= 11 is 0. The van der Waals surface area contributed by atoms with Crippen molar-refractivity contribution in [2.24, 2.45) is 17.3 Å². The van der Waals surface area contributed by atoms with Gasteiger partial charge in [-0.2, -0.15) is 0 Å². The summed E-state index contributed by atoms with van der Waals surface area (Å²) in [5.74, 6) is 1.48. The Balaban J connectivity index is 0.000000913. The van der Waals surface area contributed by atoms with Gasteiger partial charge < -0.3 is 14.9 Å². The molecule has 2 amide bonds. The van der Waals surface area contributed by atoms with Crippen molar-refractivity contribution < 1.29 is 19.5 Å². The molecule has 4 heterocycles. The second-order valence-electron chi connectivity index (χ2n) is 9.92. The van der Waals surface area contributed by atoms with Crippen molar-refractivity contribution in [3.05, 3.63) is 24.3 Å². The van der Waals surface area contributed by atoms with Gasteiger partial charge in [-0.15, -0.1) is 0 Å². The first-order valence-corrected chi connectivity index (χ1v) is 11.8. The molecule has 0 spiro atoms. The van der Waals surface area contributed by atoms with Gasteiger partial charge >= 0.3 is 0 Å². The molecule has 32 heavy (non-hydrogen) atoms. The lowest BCUT2D eigenvalue weighted by Crippen LogP contribution is -2.53. The van der Waals surface area contributed by atoms with Crippen LogP contribution in [0.25, 0.3) is 0 Å². The van der Waals surface area contributed by atoms with Crippen molar-refractivity contribution in [1.29, 1.82) is 0 Å². The first kappa shape index (κ1) is 24.1. The predicted molar refractivity (Wildman–Crippen MR) is 120 cm³/mol. The van der Waals surface area contributed by atoms with Crippen molar-refractivity contribution in [3.8, 4) is 0 Å². The van der Waals surface area contributed by atoms with E-state index in [0.717, 1.165) is 58.0 Å². The Bertz CT molecular complexity index is 794. The van der Waals surface area contributed by atoms with Crippen molar-refractivity contribution >= 4 is 18.3 Å². The van der Waals surface area contributed by atoms with Gasteiger partial charge in [0, 0.05) is 37.6 Å². The van der Waals surface area contributed by atoms with Crippen molar-refractivity contribution in [2.75, 3.05) is 13.1 Å². The van der Waals surface area contributed by atoms with Gasteiger partial charge in [0.2, 0.25) is 5.91 Å². The van der Waals surface area contributed by atoms with E-state index in [1.165, 1.54) is 0 Å². The molecular formula is C24H36N4O4. The Kier molecular flexibility index (Phi) is 7.85. The summed E-state index contributed by atoms with van der Waals surface area (Å²) in [4.78, 5) is 47.9. The Morgan fingerprint density at radius 1 is 1.22 bits per heavy atom. The number of hydrogen-bond donors (Lipinski definition) is 1. The minimum atomic E-state index is -0.425. The normalized spacial score (nSPS) is 27.2. The molecule has 8 heteroatoms. The minimum absolute atomic E-state index is 0.00685. The Morgan fingerprint density at radius 2 is 1.91 bits per heavy atom. The molecule has 3 fully saturated rings. The van der Waals surface area contributed by atoms with Crippen LogP contribution in [-0.4, -0.2) is 68.3 Å². The average Bonchev–Trinajstić information content (AvgIpc) is 3.35. The van der Waals surface area contributed by atoms with Gasteiger partial charge in [0.05, 0.1) is 11.6 Å². The van der Waals surface area contributed by atoms with E-state index in [9.17, 15) is 9.59 Å². The standard InChI is InChI=1S/C23H34N4O2.CH2O2/c1-16(2)6-9-23(22(29)26-12-7-17(3)8-13-26)14-18-4-5-20(23)27(18)21(28)19-15-24-10-11-25-19;2-1-3/h10-11,15-18,20H,4-9,12-14H2,1-3H3;1H,(H,2,3)/t18-,20+,23+;/m1./s1. The highest BCUT2D eigenvalue weighted by molar-refractivity contribution is 5.94. The molecule has 3 saturated heterocycles. The van der Waals surface area contributed by atoms with E-state index < -0.39 is 5.41 Å². The number of carboxylic acid groups (broad SMARTS) is 1. The maximum absolute atomic E-state index is 13.9. The second kappa shape index (κ2) is 10.4. The quantitative estimate of drug-likeness (QED) is 0.699. The van der Waals surface area contributed by atoms with Gasteiger partial charge in [-0.25, -0.2) is 4.98 Å². The minimum Gasteiger partial charge on any atom is -0.483 e. The molecule has 176 valence electrons. The van der Waals surface area contributed by atoms with Crippen molar-refractivity contribution in [2.45, 2.75) is 77.8 Å². The summed E-state index contributed by atoms with van der Waals surface area (Å²) in [5.41, 5.74) is -0.0330. The van der Waals surface area contributed by atoms with Crippen LogP contribution in [0.3, 0.4) is 0 Å². The van der Waals surface area contributed by atoms with Gasteiger partial charge in [0.15, 0.2) is 0 Å². The molecule has 1 N–H and O–H groups in total. The lowest BCUT2D eigenvalue weighted by Gasteiger charge is -2.42. The van der Waals surface area contributed by atoms with E-state index in [1.807, 2.05) is 4.90 Å². The number of amides is 2. The molecule has 0 unspecified atom stereocenters. The van der Waals surface area contributed by atoms with Crippen LogP contribution in [0.1, 0.15) is 76.2 Å². The fourth-order valence-corrected chi connectivity index (χ4v) is 5.71. The lowest BCUT2D eigenvalue weighted by molar-refractivity contribution is -0.146. The summed E-state index contributed by atoms with van der Waals surface area (Å²) in [5, 5.41) is 6.89. The molecule has 1 aromatic heterocycles. The molecule has 0 aromatic carbocycles. The molecule has 4 rings (SSSR count). The molecule has 0 saturated carbocycles. The summed E-state index contributed by atoms with van der Waals surface area (Å²) in [6.07, 6.45) is 11.5. The maximum Gasteiger partial charge on any atom is 0.290 e. The lowest BCUT2D eigenvalue weighted by atomic mass is 9.68. The number of carbonyl (C=O) groups excluding carboxylic acids is 2. The summed E-state index contributed by atoms with van der Waals surface area (Å²) in [7, 11) is 0. The van der Waals surface area contributed by atoms with E-state index in [2.05, 4.69) is 35.6 Å². The van der Waals surface area contributed by atoms with Crippen LogP contribution in [0.5, 0.6) is 0 Å². The van der Waals surface area contributed by atoms with Gasteiger partial charge in [-0.3, -0.25) is 19.4 Å². The molecule has 8 nitrogen and oxygen atoms in total. The van der Waals surface area contributed by atoms with E-state index in [4.69, 9.17) is 9.90 Å². The van der Waals surface area contributed by atoms with E-state index in [0.29, 0.717) is 23.4 Å². The number of fused-ring (bicyclic) bond motifs is 2. The highest BCUT2D eigenvalue weighted by atomic mass is 16.3. The average molecular weight is 445 g/mol. The Hall–Kier alpha value is -2.51. The molecular weight excluding hydrogens is 408 g/mol. The van der Waals surface area contributed by atoms with E-state index in [1.54, 1.807) is 18.6 Å². The number of aromatic nitrogens is 2. The first-order valence-electron chi connectivity index (χ1n) is 11.8. The predicted octanol–water partition coefficient (Wildman–Crippen LogP) is 3.24. The largest absolute Gasteiger partial charge is 0.483 e. The third-order valence-corrected chi connectivity index (χ3v) is 7.42. The molecule has 3 aliphatic rings. The fraction of sp³-hybridized carbons (Fsp3) is 0.708. The van der Waals surface area contributed by atoms with E-state index >= 15 is 0 Å². The number of likely N-dealkylation sites (tertiary alicyclic amines) is 1. The number of piperidine rings is 1. The highest BCUT2D eigenvalue weighted by Gasteiger charge is 2.61. The monoisotopic (exact) mass is 444 g/mol. The zero-order chi connectivity index (χ0) is 23.3. The molecule has 3 atom stereocenters. The molecule has 2 bridgehead atoms. The third kappa shape index (κ3) is 4.79. The molecule has 1 aromatic rings. The van der Waals surface area contributed by atoms with Gasteiger partial charge in [0.25, 0.3) is 12.4 Å². The smallest absolute Gasteiger partial charge is 0.290 e. The maximum atomic E-state index is 13.9. The van der Waals surface area contributed by atoms with Gasteiger partial charge in [0.1, 0.15) is 5.69 Å². The van der Waals surface area contributed by atoms with Crippen LogP contribution in [0.4, 0.5) is 0 Å². The number of hydrogen-bond acceptors (Lipinski definition) is 5. The first-order chi connectivity index (χ1) is 15.3. The zero-order valence-electron chi connectivity index (χ0n) is 19.4. The highest BCUT2D eigenvalue weighted by Crippen LogP contribution is 2.54. The van der Waals surface area contributed by atoms with Gasteiger partial charge in [-0.05, 0) is 56.8 Å². The Morgan fingerprint density at radius 3 is 2.50 bits per heavy atom. The number of rotatable bonds is 5. The summed E-state index contributed by atoms with van der Waals surface area (Å²) in [6.45, 7) is 8.18. The van der Waals surface area contributed by atoms with Crippen LogP contribution in [0.15, 0.2) is 18.6 Å². The topological polar surface area (TPSA) is 104 Å². The summed E-state index contributed by atoms with van der Waals surface area (Å²) < 4.78 is 0. The summed E-state index contributed by atoms with van der Waals surface area (Å²) in [6, 6.07) is 0.141. The van der Waals surface area contributed by atoms with E-state index in [-0.39, 0.29) is 24.5 Å². The molecule has 0 aliphatic carbocycles. The Labute approximate surface area is 190 Å².